The molecule has 0 aliphatic carbocycles. The number of fused-ring (bicyclic) bond motifs is 1. The van der Waals surface area contributed by atoms with Gasteiger partial charge >= 0.3 is 0 Å². The van der Waals surface area contributed by atoms with Gasteiger partial charge in [-0.1, -0.05) is 24.3 Å². The van der Waals surface area contributed by atoms with Crippen LogP contribution in [0.1, 0.15) is 18.5 Å². The van der Waals surface area contributed by atoms with Crippen molar-refractivity contribution in [1.82, 2.24) is 10.3 Å². The maximum absolute atomic E-state index is 4.52. The number of aromatic nitrogens is 1. The number of benzene rings is 1. The molecule has 0 bridgehead atoms. The standard InChI is InChI=1S/C13H16N2S/c1-9(14-2)12-8-15-13(16-3)11-7-5-4-6-10(11)12/h4-9,14H,1-3H3. The molecule has 1 heterocycles. The number of nitrogens with zero attached hydrogens (tertiary/aromatic N) is 1. The van der Waals surface area contributed by atoms with Gasteiger partial charge in [-0.2, -0.15) is 0 Å². The molecule has 2 rings (SSSR count). The highest BCUT2D eigenvalue weighted by Crippen LogP contribution is 2.29. The molecular weight excluding hydrogens is 216 g/mol. The van der Waals surface area contributed by atoms with Crippen molar-refractivity contribution in [3.05, 3.63) is 36.0 Å². The van der Waals surface area contributed by atoms with Gasteiger partial charge in [0.25, 0.3) is 0 Å². The first-order valence-electron chi connectivity index (χ1n) is 5.36. The molecule has 0 aliphatic rings. The second-order valence-electron chi connectivity index (χ2n) is 3.78. The van der Waals surface area contributed by atoms with Crippen LogP contribution in [0.5, 0.6) is 0 Å². The van der Waals surface area contributed by atoms with Crippen molar-refractivity contribution in [1.29, 1.82) is 0 Å². The van der Waals surface area contributed by atoms with Crippen LogP contribution >= 0.6 is 11.8 Å². The van der Waals surface area contributed by atoms with Crippen molar-refractivity contribution in [2.75, 3.05) is 13.3 Å². The molecule has 1 atom stereocenters. The van der Waals surface area contributed by atoms with E-state index in [2.05, 4.69) is 47.7 Å². The number of hydrogen-bond acceptors (Lipinski definition) is 3. The molecule has 1 aromatic carbocycles. The average molecular weight is 232 g/mol. The van der Waals surface area contributed by atoms with Gasteiger partial charge in [-0.05, 0) is 31.2 Å². The zero-order chi connectivity index (χ0) is 11.5. The molecule has 2 nitrogen and oxygen atoms in total. The maximum Gasteiger partial charge on any atom is 0.104 e. The van der Waals surface area contributed by atoms with Crippen molar-refractivity contribution in [2.24, 2.45) is 0 Å². The SMILES string of the molecule is CNC(C)c1cnc(SC)c2ccccc12. The van der Waals surface area contributed by atoms with E-state index >= 15 is 0 Å². The number of thioether (sulfide) groups is 1. The number of pyridine rings is 1. The van der Waals surface area contributed by atoms with Crippen molar-refractivity contribution in [3.63, 3.8) is 0 Å². The molecule has 1 unspecified atom stereocenters. The van der Waals surface area contributed by atoms with E-state index in [4.69, 9.17) is 0 Å². The van der Waals surface area contributed by atoms with Crippen LogP contribution in [0.3, 0.4) is 0 Å². The first-order valence-corrected chi connectivity index (χ1v) is 6.59. The molecule has 1 aromatic heterocycles. The number of nitrogens with one attached hydrogen (secondary N) is 1. The van der Waals surface area contributed by atoms with Gasteiger partial charge in [0, 0.05) is 17.6 Å². The first kappa shape index (κ1) is 11.4. The summed E-state index contributed by atoms with van der Waals surface area (Å²) in [6.07, 6.45) is 4.05. The van der Waals surface area contributed by atoms with Crippen molar-refractivity contribution < 1.29 is 0 Å². The summed E-state index contributed by atoms with van der Waals surface area (Å²) in [7, 11) is 1.97. The molecule has 0 spiro atoms. The van der Waals surface area contributed by atoms with E-state index in [9.17, 15) is 0 Å². The average Bonchev–Trinajstić information content (AvgIpc) is 2.36. The molecule has 0 amide bonds. The summed E-state index contributed by atoms with van der Waals surface area (Å²) in [6, 6.07) is 8.78. The predicted molar refractivity (Wildman–Crippen MR) is 71.0 cm³/mol. The fourth-order valence-electron chi connectivity index (χ4n) is 1.85. The normalized spacial score (nSPS) is 12.9. The van der Waals surface area contributed by atoms with Crippen LogP contribution in [0.25, 0.3) is 10.8 Å². The van der Waals surface area contributed by atoms with Crippen LogP contribution in [0.4, 0.5) is 0 Å². The minimum Gasteiger partial charge on any atom is -0.313 e. The van der Waals surface area contributed by atoms with Crippen LogP contribution in [0, 0.1) is 0 Å². The Bertz CT molecular complexity index is 496. The van der Waals surface area contributed by atoms with Crippen molar-refractivity contribution >= 4 is 22.5 Å². The highest BCUT2D eigenvalue weighted by atomic mass is 32.2. The Kier molecular flexibility index (Phi) is 3.46. The lowest BCUT2D eigenvalue weighted by atomic mass is 10.0. The van der Waals surface area contributed by atoms with E-state index in [0.717, 1.165) is 5.03 Å². The van der Waals surface area contributed by atoms with E-state index in [1.165, 1.54) is 16.3 Å². The third-order valence-corrected chi connectivity index (χ3v) is 3.59. The van der Waals surface area contributed by atoms with E-state index in [1.807, 2.05) is 13.2 Å². The topological polar surface area (TPSA) is 24.9 Å². The van der Waals surface area contributed by atoms with Gasteiger partial charge < -0.3 is 5.32 Å². The Labute approximate surface area is 100 Å². The Morgan fingerprint density at radius 1 is 1.25 bits per heavy atom. The molecule has 1 N–H and O–H groups in total. The lowest BCUT2D eigenvalue weighted by molar-refractivity contribution is 0.654. The zero-order valence-electron chi connectivity index (χ0n) is 9.82. The third kappa shape index (κ3) is 1.93. The Morgan fingerprint density at radius 3 is 2.56 bits per heavy atom. The highest BCUT2D eigenvalue weighted by molar-refractivity contribution is 7.98. The molecule has 0 aliphatic heterocycles. The number of rotatable bonds is 3. The first-order chi connectivity index (χ1) is 7.77. The number of hydrogen-bond donors (Lipinski definition) is 1. The van der Waals surface area contributed by atoms with Gasteiger partial charge in [-0.25, -0.2) is 4.98 Å². The predicted octanol–water partition coefficient (Wildman–Crippen LogP) is 3.24. The second kappa shape index (κ2) is 4.85. The molecular formula is C13H16N2S. The summed E-state index contributed by atoms with van der Waals surface area (Å²) < 4.78 is 0. The van der Waals surface area contributed by atoms with Crippen LogP contribution in [0.15, 0.2) is 35.5 Å². The molecule has 0 radical (unpaired) electrons. The summed E-state index contributed by atoms with van der Waals surface area (Å²) in [5, 5.41) is 6.90. The van der Waals surface area contributed by atoms with E-state index in [0.29, 0.717) is 6.04 Å². The van der Waals surface area contributed by atoms with Crippen LogP contribution in [0.2, 0.25) is 0 Å². The Morgan fingerprint density at radius 2 is 1.94 bits per heavy atom. The molecule has 0 fully saturated rings. The van der Waals surface area contributed by atoms with Gasteiger partial charge in [0.2, 0.25) is 0 Å². The summed E-state index contributed by atoms with van der Waals surface area (Å²) in [4.78, 5) is 4.52. The lowest BCUT2D eigenvalue weighted by Crippen LogP contribution is -2.13. The van der Waals surface area contributed by atoms with Gasteiger partial charge in [0.1, 0.15) is 5.03 Å². The maximum atomic E-state index is 4.52. The van der Waals surface area contributed by atoms with E-state index in [-0.39, 0.29) is 0 Å². The fourth-order valence-corrected chi connectivity index (χ4v) is 2.41. The smallest absolute Gasteiger partial charge is 0.104 e. The monoisotopic (exact) mass is 232 g/mol. The minimum absolute atomic E-state index is 0.327. The van der Waals surface area contributed by atoms with Gasteiger partial charge in [0.05, 0.1) is 0 Å². The van der Waals surface area contributed by atoms with Gasteiger partial charge in [-0.3, -0.25) is 0 Å². The largest absolute Gasteiger partial charge is 0.313 e. The van der Waals surface area contributed by atoms with Gasteiger partial charge in [-0.15, -0.1) is 11.8 Å². The molecule has 84 valence electrons. The third-order valence-electron chi connectivity index (χ3n) is 2.88. The Balaban J connectivity index is 2.69. The minimum atomic E-state index is 0.327. The van der Waals surface area contributed by atoms with Crippen molar-refractivity contribution in [3.8, 4) is 0 Å². The lowest BCUT2D eigenvalue weighted by Gasteiger charge is -2.14. The van der Waals surface area contributed by atoms with Crippen molar-refractivity contribution in [2.45, 2.75) is 18.0 Å². The molecule has 2 aromatic rings. The summed E-state index contributed by atoms with van der Waals surface area (Å²) >= 11 is 1.69. The van der Waals surface area contributed by atoms with Gasteiger partial charge in [0.15, 0.2) is 0 Å². The molecule has 3 heteroatoms. The summed E-state index contributed by atoms with van der Waals surface area (Å²) in [6.45, 7) is 2.15. The van der Waals surface area contributed by atoms with Crippen LogP contribution in [-0.2, 0) is 0 Å². The summed E-state index contributed by atoms with van der Waals surface area (Å²) in [5.74, 6) is 0. The Hall–Kier alpha value is -1.06. The second-order valence-corrected chi connectivity index (χ2v) is 4.57. The zero-order valence-corrected chi connectivity index (χ0v) is 10.6. The molecule has 0 saturated heterocycles. The highest BCUT2D eigenvalue weighted by Gasteiger charge is 2.10. The quantitative estimate of drug-likeness (QED) is 0.822. The molecule has 0 saturated carbocycles. The fraction of sp³-hybridized carbons (Fsp3) is 0.308. The van der Waals surface area contributed by atoms with E-state index in [1.54, 1.807) is 11.8 Å². The summed E-state index contributed by atoms with van der Waals surface area (Å²) in [5.41, 5.74) is 1.26. The van der Waals surface area contributed by atoms with Crippen LogP contribution in [-0.4, -0.2) is 18.3 Å². The molecule has 16 heavy (non-hydrogen) atoms. The van der Waals surface area contributed by atoms with Crippen LogP contribution < -0.4 is 5.32 Å². The van der Waals surface area contributed by atoms with E-state index < -0.39 is 0 Å².